The summed E-state index contributed by atoms with van der Waals surface area (Å²) in [6.45, 7) is 0. The fourth-order valence-electron chi connectivity index (χ4n) is 1.10. The quantitative estimate of drug-likeness (QED) is 0.385. The molecule has 25 heavy (non-hydrogen) atoms. The van der Waals surface area contributed by atoms with Gasteiger partial charge in [0.25, 0.3) is 0 Å². The summed E-state index contributed by atoms with van der Waals surface area (Å²) >= 11 is 15.4. The first-order chi connectivity index (χ1) is 10.4. The van der Waals surface area contributed by atoms with Crippen molar-refractivity contribution in [3.05, 3.63) is 0 Å². The molecule has 0 aromatic heterocycles. The van der Waals surface area contributed by atoms with Gasteiger partial charge in [-0.3, -0.25) is 0 Å². The van der Waals surface area contributed by atoms with Crippen LogP contribution in [0.5, 0.6) is 0 Å². The summed E-state index contributed by atoms with van der Waals surface area (Å²) in [5.41, 5.74) is 0. The van der Waals surface area contributed by atoms with E-state index < -0.39 is 44.5 Å². The molecule has 0 aliphatic carbocycles. The van der Waals surface area contributed by atoms with Crippen LogP contribution in [0.2, 0.25) is 0 Å². The van der Waals surface area contributed by atoms with Gasteiger partial charge >= 0.3 is 44.5 Å². The summed E-state index contributed by atoms with van der Waals surface area (Å²) < 4.78 is 145. The van der Waals surface area contributed by atoms with Crippen LogP contribution in [0.4, 0.5) is 48.3 Å². The zero-order valence-corrected chi connectivity index (χ0v) is 13.5. The molecule has 2 nitrogen and oxygen atoms in total. The average Bonchev–Trinajstić information content (AvgIpc) is 2.35. The molecule has 150 valence electrons. The minimum absolute atomic E-state index is 3.76. The Balaban J connectivity index is 6.55. The standard InChI is InChI=1S/C8HCl4F11O2/c9-3(15,2(13,14)1(24)25)6(18,19)4(10,16)7(20,21)5(11,17)8(12,22)23/h(H,24,25)/t3-,4+,5-/m1/s1. The van der Waals surface area contributed by atoms with E-state index >= 15 is 0 Å². The van der Waals surface area contributed by atoms with Crippen LogP contribution in [0.3, 0.4) is 0 Å². The molecule has 0 aromatic rings. The topological polar surface area (TPSA) is 37.3 Å². The van der Waals surface area contributed by atoms with Gasteiger partial charge in [0.2, 0.25) is 0 Å². The Morgan fingerprint density at radius 2 is 0.880 bits per heavy atom. The number of halogens is 15. The predicted octanol–water partition coefficient (Wildman–Crippen LogP) is 5.52. The molecular weight excluding hydrogens is 479 g/mol. The van der Waals surface area contributed by atoms with Gasteiger partial charge in [-0.2, -0.15) is 35.1 Å². The molecule has 0 radical (unpaired) electrons. The zero-order chi connectivity index (χ0) is 21.1. The van der Waals surface area contributed by atoms with Gasteiger partial charge < -0.3 is 5.11 Å². The van der Waals surface area contributed by atoms with Crippen LogP contribution < -0.4 is 0 Å². The largest absolute Gasteiger partial charge is 0.477 e. The van der Waals surface area contributed by atoms with Gasteiger partial charge in [-0.25, -0.2) is 18.0 Å². The Bertz CT molecular complexity index is 543. The molecule has 0 amide bonds. The van der Waals surface area contributed by atoms with Crippen molar-refractivity contribution >= 4 is 52.4 Å². The van der Waals surface area contributed by atoms with Crippen LogP contribution in [-0.2, 0) is 4.79 Å². The summed E-state index contributed by atoms with van der Waals surface area (Å²) in [4.78, 5) is 10.0. The molecule has 1 N–H and O–H groups in total. The number of carboxylic acids is 1. The zero-order valence-electron chi connectivity index (χ0n) is 10.5. The van der Waals surface area contributed by atoms with E-state index in [4.69, 9.17) is 5.11 Å². The third kappa shape index (κ3) is 3.18. The van der Waals surface area contributed by atoms with E-state index in [0.29, 0.717) is 0 Å². The van der Waals surface area contributed by atoms with Gasteiger partial charge in [0, 0.05) is 0 Å². The van der Waals surface area contributed by atoms with Crippen molar-refractivity contribution in [1.29, 1.82) is 0 Å². The van der Waals surface area contributed by atoms with E-state index in [9.17, 15) is 53.1 Å². The van der Waals surface area contributed by atoms with Crippen molar-refractivity contribution < 1.29 is 58.2 Å². The molecule has 0 bridgehead atoms. The number of hydrogen-bond donors (Lipinski definition) is 1. The summed E-state index contributed by atoms with van der Waals surface area (Å²) in [6, 6.07) is 0. The minimum atomic E-state index is -7.23. The Hall–Kier alpha value is -0.140. The Morgan fingerprint density at radius 3 is 1.12 bits per heavy atom. The van der Waals surface area contributed by atoms with E-state index in [1.807, 2.05) is 0 Å². The third-order valence-electron chi connectivity index (χ3n) is 2.60. The van der Waals surface area contributed by atoms with E-state index in [2.05, 4.69) is 46.4 Å². The highest BCUT2D eigenvalue weighted by Gasteiger charge is 2.90. The molecule has 0 saturated heterocycles. The van der Waals surface area contributed by atoms with Crippen molar-refractivity contribution in [2.45, 2.75) is 38.5 Å². The van der Waals surface area contributed by atoms with Gasteiger partial charge in [-0.15, -0.1) is 0 Å². The van der Waals surface area contributed by atoms with Crippen LogP contribution in [0.15, 0.2) is 0 Å². The first kappa shape index (κ1) is 24.9. The van der Waals surface area contributed by atoms with Gasteiger partial charge in [0.05, 0.1) is 0 Å². The van der Waals surface area contributed by atoms with E-state index in [0.717, 1.165) is 0 Å². The lowest BCUT2D eigenvalue weighted by Gasteiger charge is -2.43. The van der Waals surface area contributed by atoms with Crippen LogP contribution in [0.25, 0.3) is 0 Å². The summed E-state index contributed by atoms with van der Waals surface area (Å²) in [5, 5.41) is -17.9. The summed E-state index contributed by atoms with van der Waals surface area (Å²) in [5.74, 6) is -24.7. The second-order valence-corrected chi connectivity index (χ2v) is 6.29. The average molecular weight is 480 g/mol. The van der Waals surface area contributed by atoms with Crippen LogP contribution in [0, 0.1) is 0 Å². The molecule has 0 aliphatic rings. The summed E-state index contributed by atoms with van der Waals surface area (Å²) in [7, 11) is 0. The van der Waals surface area contributed by atoms with E-state index in [1.54, 1.807) is 0 Å². The number of carbonyl (C=O) groups is 1. The molecule has 0 aromatic carbocycles. The van der Waals surface area contributed by atoms with Crippen molar-refractivity contribution in [3.8, 4) is 0 Å². The monoisotopic (exact) mass is 478 g/mol. The van der Waals surface area contributed by atoms with Gasteiger partial charge in [-0.05, 0) is 11.6 Å². The predicted molar refractivity (Wildman–Crippen MR) is 62.4 cm³/mol. The summed E-state index contributed by atoms with van der Waals surface area (Å²) in [6.07, 6.45) is 0. The molecule has 0 aliphatic heterocycles. The van der Waals surface area contributed by atoms with Crippen molar-refractivity contribution in [3.63, 3.8) is 0 Å². The Kier molecular flexibility index (Phi) is 6.16. The number of rotatable bonds is 7. The van der Waals surface area contributed by atoms with Gasteiger partial charge in [0.1, 0.15) is 0 Å². The lowest BCUT2D eigenvalue weighted by Crippen LogP contribution is -2.72. The van der Waals surface area contributed by atoms with E-state index in [1.165, 1.54) is 0 Å². The van der Waals surface area contributed by atoms with Crippen molar-refractivity contribution in [2.24, 2.45) is 0 Å². The van der Waals surface area contributed by atoms with Crippen molar-refractivity contribution in [2.75, 3.05) is 0 Å². The lowest BCUT2D eigenvalue weighted by atomic mass is 9.94. The number of hydrogen-bond acceptors (Lipinski definition) is 1. The number of aliphatic carboxylic acids is 1. The normalized spacial score (nSPS) is 21.9. The Labute approximate surface area is 149 Å². The van der Waals surface area contributed by atoms with Crippen molar-refractivity contribution in [1.82, 2.24) is 0 Å². The molecular formula is C8HCl4F11O2. The third-order valence-corrected chi connectivity index (χ3v) is 4.38. The molecule has 0 spiro atoms. The first-order valence-corrected chi connectivity index (χ1v) is 6.52. The molecule has 3 atom stereocenters. The highest BCUT2D eigenvalue weighted by Crippen LogP contribution is 2.64. The molecule has 0 unspecified atom stereocenters. The smallest absolute Gasteiger partial charge is 0.395 e. The van der Waals surface area contributed by atoms with Gasteiger partial charge in [0.15, 0.2) is 0 Å². The molecule has 0 fully saturated rings. The number of carboxylic acid groups (broad SMARTS) is 1. The van der Waals surface area contributed by atoms with Gasteiger partial charge in [-0.1, -0.05) is 34.8 Å². The second-order valence-electron chi connectivity index (χ2n) is 4.25. The first-order valence-electron chi connectivity index (χ1n) is 5.01. The SMILES string of the molecule is O=C(O)C(F)(F)[C@](F)(Cl)C(F)(F)[C@@](F)(Cl)C(F)(F)[C@](F)(Cl)C(F)(F)Cl. The molecule has 17 heteroatoms. The minimum Gasteiger partial charge on any atom is -0.477 e. The van der Waals surface area contributed by atoms with Crippen LogP contribution >= 0.6 is 46.4 Å². The number of alkyl halides is 15. The van der Waals surface area contributed by atoms with E-state index in [-0.39, 0.29) is 0 Å². The maximum atomic E-state index is 13.7. The second kappa shape index (κ2) is 6.20. The fraction of sp³-hybridized carbons (Fsp3) is 0.875. The molecule has 0 rings (SSSR count). The fourth-order valence-corrected chi connectivity index (χ4v) is 1.92. The maximum Gasteiger partial charge on any atom is 0.395 e. The van der Waals surface area contributed by atoms with Crippen LogP contribution in [0.1, 0.15) is 0 Å². The highest BCUT2D eigenvalue weighted by molar-refractivity contribution is 6.34. The Morgan fingerprint density at radius 1 is 0.600 bits per heavy atom. The van der Waals surface area contributed by atoms with Crippen LogP contribution in [-0.4, -0.2) is 49.6 Å². The molecule has 0 heterocycles. The lowest BCUT2D eigenvalue weighted by molar-refractivity contribution is -0.305. The highest BCUT2D eigenvalue weighted by atomic mass is 35.5. The molecule has 0 saturated carbocycles. The maximum absolute atomic E-state index is 13.7.